The minimum absolute atomic E-state index is 0.806. The summed E-state index contributed by atoms with van der Waals surface area (Å²) < 4.78 is 3.85. The first-order valence-corrected chi connectivity index (χ1v) is 20.2. The molecule has 0 unspecified atom stereocenters. The van der Waals surface area contributed by atoms with Crippen LogP contribution in [0.15, 0.2) is 182 Å². The quantitative estimate of drug-likeness (QED) is 0.170. The average Bonchev–Trinajstić information content (AvgIpc) is 3.87. The maximum atomic E-state index is 5.40. The first-order chi connectivity index (χ1) is 27.8. The third-order valence-electron chi connectivity index (χ3n) is 10.4. The predicted octanol–water partition coefficient (Wildman–Crippen LogP) is 14.0. The molecule has 0 radical (unpaired) electrons. The molecule has 0 aliphatic carbocycles. The highest BCUT2D eigenvalue weighted by Gasteiger charge is 2.24. The summed E-state index contributed by atoms with van der Waals surface area (Å²) in [5, 5.41) is 4.93. The van der Waals surface area contributed by atoms with Crippen LogP contribution in [0.25, 0.3) is 108 Å². The maximum absolute atomic E-state index is 5.40. The summed E-state index contributed by atoms with van der Waals surface area (Å²) in [5.74, 6) is 0. The minimum atomic E-state index is 0.806. The molecule has 0 saturated heterocycles. The first-order valence-electron chi connectivity index (χ1n) is 18.5. The molecule has 5 aromatic carbocycles. The van der Waals surface area contributed by atoms with E-state index in [1.165, 1.54) is 51.6 Å². The molecule has 0 aliphatic rings. The molecule has 6 heteroatoms. The topological polar surface area (TPSA) is 51.6 Å². The number of aromatic nitrogens is 4. The molecule has 6 heterocycles. The standard InChI is InChI=1S/C50H30N4S2/c1-2-13-33(14-3-1)47-46-45(32-25-23-31(24-26-32)34-29-42(40-20-8-10-27-51-40)53-43(30-34)41-21-9-11-28-52-41)50(56-49(46)37-16-4-6-19-39(37)54-47)38-18-12-17-36-35-15-5-7-22-44(35)55-48(36)38/h1-30H. The molecule has 0 spiro atoms. The van der Waals surface area contributed by atoms with Crippen molar-refractivity contribution in [3.63, 3.8) is 0 Å². The van der Waals surface area contributed by atoms with E-state index in [1.54, 1.807) is 0 Å². The van der Waals surface area contributed by atoms with Crippen LogP contribution in [0.2, 0.25) is 0 Å². The van der Waals surface area contributed by atoms with Crippen LogP contribution in [0.5, 0.6) is 0 Å². The molecule has 0 atom stereocenters. The van der Waals surface area contributed by atoms with E-state index < -0.39 is 0 Å². The van der Waals surface area contributed by atoms with Crippen LogP contribution in [-0.4, -0.2) is 19.9 Å². The Morgan fingerprint density at radius 1 is 0.393 bits per heavy atom. The smallest absolute Gasteiger partial charge is 0.0900 e. The van der Waals surface area contributed by atoms with Gasteiger partial charge in [0.15, 0.2) is 0 Å². The Balaban J connectivity index is 1.16. The molecule has 0 aliphatic heterocycles. The molecular formula is C50H30N4S2. The lowest BCUT2D eigenvalue weighted by Crippen LogP contribution is -1.94. The minimum Gasteiger partial charge on any atom is -0.255 e. The van der Waals surface area contributed by atoms with E-state index >= 15 is 0 Å². The van der Waals surface area contributed by atoms with Gasteiger partial charge in [-0.2, -0.15) is 0 Å². The van der Waals surface area contributed by atoms with Gasteiger partial charge in [0.2, 0.25) is 0 Å². The fourth-order valence-electron chi connectivity index (χ4n) is 7.80. The molecule has 56 heavy (non-hydrogen) atoms. The van der Waals surface area contributed by atoms with Crippen LogP contribution in [-0.2, 0) is 0 Å². The SMILES string of the molecule is c1ccc(-c2nc3ccccc3c3sc(-c4cccc5c4sc4ccccc45)c(-c4ccc(-c5cc(-c6ccccn6)nc(-c6ccccn6)c5)cc4)c23)cc1. The molecular weight excluding hydrogens is 721 g/mol. The second kappa shape index (κ2) is 13.5. The Morgan fingerprint density at radius 2 is 1.04 bits per heavy atom. The van der Waals surface area contributed by atoms with Crippen molar-refractivity contribution in [1.29, 1.82) is 0 Å². The molecule has 11 rings (SSSR count). The van der Waals surface area contributed by atoms with E-state index in [9.17, 15) is 0 Å². The van der Waals surface area contributed by atoms with Crippen molar-refractivity contribution in [3.8, 4) is 66.7 Å². The monoisotopic (exact) mass is 750 g/mol. The summed E-state index contributed by atoms with van der Waals surface area (Å²) in [5.41, 5.74) is 12.1. The van der Waals surface area contributed by atoms with Crippen molar-refractivity contribution in [2.75, 3.05) is 0 Å². The zero-order valence-electron chi connectivity index (χ0n) is 29.9. The Labute approximate surface area is 331 Å². The van der Waals surface area contributed by atoms with E-state index in [-0.39, 0.29) is 0 Å². The number of hydrogen-bond acceptors (Lipinski definition) is 6. The summed E-state index contributed by atoms with van der Waals surface area (Å²) in [6.45, 7) is 0. The summed E-state index contributed by atoms with van der Waals surface area (Å²) in [4.78, 5) is 20.9. The first kappa shape index (κ1) is 32.6. The summed E-state index contributed by atoms with van der Waals surface area (Å²) >= 11 is 3.75. The Bertz CT molecular complexity index is 3170. The van der Waals surface area contributed by atoms with Crippen molar-refractivity contribution in [1.82, 2.24) is 19.9 Å². The molecule has 0 fully saturated rings. The summed E-state index contributed by atoms with van der Waals surface area (Å²) in [6, 6.07) is 59.8. The molecule has 4 nitrogen and oxygen atoms in total. The Hall–Kier alpha value is -6.86. The van der Waals surface area contributed by atoms with Crippen molar-refractivity contribution < 1.29 is 0 Å². The summed E-state index contributed by atoms with van der Waals surface area (Å²) in [6.07, 6.45) is 3.62. The number of fused-ring (bicyclic) bond motifs is 6. The van der Waals surface area contributed by atoms with Crippen molar-refractivity contribution in [2.24, 2.45) is 0 Å². The van der Waals surface area contributed by atoms with Gasteiger partial charge in [-0.1, -0.05) is 121 Å². The zero-order valence-corrected chi connectivity index (χ0v) is 31.6. The molecule has 0 saturated carbocycles. The van der Waals surface area contributed by atoms with Crippen LogP contribution in [0.1, 0.15) is 0 Å². The third-order valence-corrected chi connectivity index (χ3v) is 12.9. The van der Waals surface area contributed by atoms with Gasteiger partial charge in [0, 0.05) is 69.6 Å². The van der Waals surface area contributed by atoms with Crippen molar-refractivity contribution >= 4 is 63.8 Å². The maximum Gasteiger partial charge on any atom is 0.0900 e. The Kier molecular flexibility index (Phi) is 7.83. The fourth-order valence-corrected chi connectivity index (χ4v) is 10.5. The highest BCUT2D eigenvalue weighted by Crippen LogP contribution is 2.52. The highest BCUT2D eigenvalue weighted by atomic mass is 32.1. The van der Waals surface area contributed by atoms with Gasteiger partial charge in [-0.25, -0.2) is 9.97 Å². The average molecular weight is 751 g/mol. The van der Waals surface area contributed by atoms with Crippen molar-refractivity contribution in [2.45, 2.75) is 0 Å². The Morgan fingerprint density at radius 3 is 1.77 bits per heavy atom. The number of rotatable bonds is 6. The lowest BCUT2D eigenvalue weighted by atomic mass is 9.93. The predicted molar refractivity (Wildman–Crippen MR) is 236 cm³/mol. The lowest BCUT2D eigenvalue weighted by Gasteiger charge is -2.13. The van der Waals surface area contributed by atoms with Gasteiger partial charge in [0.05, 0.1) is 34.0 Å². The van der Waals surface area contributed by atoms with Gasteiger partial charge in [0.1, 0.15) is 0 Å². The molecule has 11 aromatic rings. The van der Waals surface area contributed by atoms with Gasteiger partial charge in [-0.15, -0.1) is 22.7 Å². The number of benzene rings is 5. The van der Waals surface area contributed by atoms with Crippen LogP contribution in [0.3, 0.4) is 0 Å². The molecule has 0 bridgehead atoms. The lowest BCUT2D eigenvalue weighted by molar-refractivity contribution is 1.22. The van der Waals surface area contributed by atoms with Crippen LogP contribution >= 0.6 is 22.7 Å². The van der Waals surface area contributed by atoms with Crippen LogP contribution in [0, 0.1) is 0 Å². The second-order valence-electron chi connectivity index (χ2n) is 13.8. The van der Waals surface area contributed by atoms with Crippen LogP contribution in [0.4, 0.5) is 0 Å². The number of nitrogens with zero attached hydrogens (tertiary/aromatic N) is 4. The third kappa shape index (κ3) is 5.50. The van der Waals surface area contributed by atoms with Gasteiger partial charge in [-0.05, 0) is 65.2 Å². The van der Waals surface area contributed by atoms with Gasteiger partial charge >= 0.3 is 0 Å². The van der Waals surface area contributed by atoms with E-state index in [2.05, 4.69) is 143 Å². The van der Waals surface area contributed by atoms with Gasteiger partial charge in [0.25, 0.3) is 0 Å². The molecule has 0 amide bonds. The number of para-hydroxylation sites is 1. The number of hydrogen-bond donors (Lipinski definition) is 0. The van der Waals surface area contributed by atoms with Gasteiger partial charge in [-0.3, -0.25) is 9.97 Å². The second-order valence-corrected chi connectivity index (χ2v) is 15.8. The normalized spacial score (nSPS) is 11.6. The molecule has 6 aromatic heterocycles. The van der Waals surface area contributed by atoms with Gasteiger partial charge < -0.3 is 0 Å². The molecule has 262 valence electrons. The summed E-state index contributed by atoms with van der Waals surface area (Å²) in [7, 11) is 0. The fraction of sp³-hybridized carbons (Fsp3) is 0. The largest absolute Gasteiger partial charge is 0.255 e. The van der Waals surface area contributed by atoms with E-state index in [0.717, 1.165) is 56.2 Å². The van der Waals surface area contributed by atoms with E-state index in [0.29, 0.717) is 0 Å². The number of pyridine rings is 4. The van der Waals surface area contributed by atoms with Crippen molar-refractivity contribution in [3.05, 3.63) is 182 Å². The number of thiophene rings is 2. The zero-order chi connectivity index (χ0) is 37.0. The van der Waals surface area contributed by atoms with E-state index in [1.807, 2.05) is 71.5 Å². The van der Waals surface area contributed by atoms with E-state index in [4.69, 9.17) is 9.97 Å². The highest BCUT2D eigenvalue weighted by molar-refractivity contribution is 7.28. The van der Waals surface area contributed by atoms with Crippen LogP contribution < -0.4 is 0 Å². The molecule has 0 N–H and O–H groups in total.